The standard InChI is InChI=1S/C14H13NO4/c1-8-3-4-12(19-2)10(5-8)13(16)9-6-11(14(17)18)15-7-9/h3-7,15H,1-2H3,(H,17,18). The molecule has 0 amide bonds. The van der Waals surface area contributed by atoms with Crippen molar-refractivity contribution < 1.29 is 19.4 Å². The Morgan fingerprint density at radius 1 is 1.26 bits per heavy atom. The van der Waals surface area contributed by atoms with Crippen LogP contribution in [0, 0.1) is 6.92 Å². The highest BCUT2D eigenvalue weighted by atomic mass is 16.5. The second-order valence-electron chi connectivity index (χ2n) is 4.14. The van der Waals surface area contributed by atoms with Crippen LogP contribution in [0.5, 0.6) is 5.75 Å². The van der Waals surface area contributed by atoms with Crippen LogP contribution in [-0.2, 0) is 0 Å². The lowest BCUT2D eigenvalue weighted by molar-refractivity contribution is 0.0691. The van der Waals surface area contributed by atoms with Crippen molar-refractivity contribution in [3.05, 3.63) is 52.8 Å². The molecule has 19 heavy (non-hydrogen) atoms. The van der Waals surface area contributed by atoms with Crippen molar-refractivity contribution in [1.82, 2.24) is 4.98 Å². The number of carbonyl (C=O) groups excluding carboxylic acids is 1. The highest BCUT2D eigenvalue weighted by Crippen LogP contribution is 2.23. The molecule has 0 atom stereocenters. The molecular formula is C14H13NO4. The summed E-state index contributed by atoms with van der Waals surface area (Å²) in [5.41, 5.74) is 1.62. The fraction of sp³-hybridized carbons (Fsp3) is 0.143. The molecule has 1 aromatic heterocycles. The summed E-state index contributed by atoms with van der Waals surface area (Å²) in [4.78, 5) is 25.7. The van der Waals surface area contributed by atoms with Gasteiger partial charge in [-0.3, -0.25) is 4.79 Å². The zero-order valence-electron chi connectivity index (χ0n) is 10.6. The van der Waals surface area contributed by atoms with Crippen LogP contribution in [0.3, 0.4) is 0 Å². The summed E-state index contributed by atoms with van der Waals surface area (Å²) >= 11 is 0. The van der Waals surface area contributed by atoms with Gasteiger partial charge in [-0.15, -0.1) is 0 Å². The third-order valence-electron chi connectivity index (χ3n) is 2.78. The summed E-state index contributed by atoms with van der Waals surface area (Å²) in [7, 11) is 1.49. The molecule has 2 N–H and O–H groups in total. The molecule has 1 heterocycles. The molecular weight excluding hydrogens is 246 g/mol. The number of methoxy groups -OCH3 is 1. The van der Waals surface area contributed by atoms with Crippen molar-refractivity contribution in [2.45, 2.75) is 6.92 Å². The lowest BCUT2D eigenvalue weighted by Crippen LogP contribution is -2.03. The third-order valence-corrected chi connectivity index (χ3v) is 2.78. The van der Waals surface area contributed by atoms with Gasteiger partial charge in [0, 0.05) is 11.8 Å². The van der Waals surface area contributed by atoms with Crippen molar-refractivity contribution in [1.29, 1.82) is 0 Å². The maximum Gasteiger partial charge on any atom is 0.352 e. The molecule has 0 unspecified atom stereocenters. The maximum atomic E-state index is 12.3. The van der Waals surface area contributed by atoms with E-state index in [1.165, 1.54) is 19.4 Å². The van der Waals surface area contributed by atoms with E-state index >= 15 is 0 Å². The number of ketones is 1. The Labute approximate surface area is 109 Å². The molecule has 0 aliphatic carbocycles. The quantitative estimate of drug-likeness (QED) is 0.825. The van der Waals surface area contributed by atoms with Gasteiger partial charge < -0.3 is 14.8 Å². The summed E-state index contributed by atoms with van der Waals surface area (Å²) in [6.45, 7) is 1.87. The number of aromatic carboxylic acids is 1. The van der Waals surface area contributed by atoms with Crippen LogP contribution in [0.1, 0.15) is 32.0 Å². The minimum Gasteiger partial charge on any atom is -0.496 e. The number of rotatable bonds is 4. The molecule has 98 valence electrons. The molecule has 5 nitrogen and oxygen atoms in total. The number of benzene rings is 1. The van der Waals surface area contributed by atoms with E-state index < -0.39 is 5.97 Å². The van der Waals surface area contributed by atoms with E-state index in [2.05, 4.69) is 4.98 Å². The number of aryl methyl sites for hydroxylation is 1. The number of carboxylic acid groups (broad SMARTS) is 1. The molecule has 0 radical (unpaired) electrons. The SMILES string of the molecule is COc1ccc(C)cc1C(=O)c1c[nH]c(C(=O)O)c1. The van der Waals surface area contributed by atoms with Crippen LogP contribution in [-0.4, -0.2) is 29.0 Å². The second-order valence-corrected chi connectivity index (χ2v) is 4.14. The van der Waals surface area contributed by atoms with E-state index in [-0.39, 0.29) is 11.5 Å². The zero-order valence-corrected chi connectivity index (χ0v) is 10.6. The van der Waals surface area contributed by atoms with Crippen molar-refractivity contribution in [3.63, 3.8) is 0 Å². The van der Waals surface area contributed by atoms with Crippen LogP contribution in [0.4, 0.5) is 0 Å². The largest absolute Gasteiger partial charge is 0.496 e. The third kappa shape index (κ3) is 2.49. The fourth-order valence-electron chi connectivity index (χ4n) is 1.80. The highest BCUT2D eigenvalue weighted by Gasteiger charge is 2.17. The second kappa shape index (κ2) is 4.97. The number of hydrogen-bond donors (Lipinski definition) is 2. The number of ether oxygens (including phenoxy) is 1. The van der Waals surface area contributed by atoms with E-state index in [0.29, 0.717) is 16.9 Å². The van der Waals surface area contributed by atoms with Gasteiger partial charge in [0.2, 0.25) is 0 Å². The molecule has 2 rings (SSSR count). The molecule has 1 aromatic carbocycles. The summed E-state index contributed by atoms with van der Waals surface area (Å²) in [6, 6.07) is 6.59. The van der Waals surface area contributed by atoms with Crippen LogP contribution >= 0.6 is 0 Å². The smallest absolute Gasteiger partial charge is 0.352 e. The van der Waals surface area contributed by atoms with Crippen molar-refractivity contribution in [2.24, 2.45) is 0 Å². The number of carboxylic acids is 1. The summed E-state index contributed by atoms with van der Waals surface area (Å²) in [5, 5.41) is 8.83. The van der Waals surface area contributed by atoms with Gasteiger partial charge in [0.05, 0.1) is 12.7 Å². The van der Waals surface area contributed by atoms with Crippen LogP contribution in [0.25, 0.3) is 0 Å². The van der Waals surface area contributed by atoms with E-state index in [9.17, 15) is 9.59 Å². The average Bonchev–Trinajstić information content (AvgIpc) is 2.87. The van der Waals surface area contributed by atoms with Gasteiger partial charge in [0.25, 0.3) is 0 Å². The number of H-pyrrole nitrogens is 1. The van der Waals surface area contributed by atoms with Gasteiger partial charge in [-0.1, -0.05) is 11.6 Å². The Bertz CT molecular complexity index is 643. The average molecular weight is 259 g/mol. The lowest BCUT2D eigenvalue weighted by atomic mass is 10.0. The van der Waals surface area contributed by atoms with Gasteiger partial charge in [0.15, 0.2) is 5.78 Å². The van der Waals surface area contributed by atoms with Crippen molar-refractivity contribution in [2.75, 3.05) is 7.11 Å². The molecule has 0 bridgehead atoms. The first-order valence-electron chi connectivity index (χ1n) is 5.64. The minimum atomic E-state index is -1.10. The van der Waals surface area contributed by atoms with E-state index in [4.69, 9.17) is 9.84 Å². The number of nitrogens with one attached hydrogen (secondary N) is 1. The topological polar surface area (TPSA) is 79.4 Å². The highest BCUT2D eigenvalue weighted by molar-refractivity contribution is 6.11. The first-order chi connectivity index (χ1) is 9.02. The molecule has 5 heteroatoms. The van der Waals surface area contributed by atoms with Crippen LogP contribution < -0.4 is 4.74 Å². The number of aromatic amines is 1. The summed E-state index contributed by atoms with van der Waals surface area (Å²) in [5.74, 6) is -0.909. The number of aromatic nitrogens is 1. The zero-order chi connectivity index (χ0) is 14.0. The number of carbonyl (C=O) groups is 2. The molecule has 0 saturated heterocycles. The van der Waals surface area contributed by atoms with Gasteiger partial charge in [-0.25, -0.2) is 4.79 Å². The summed E-state index contributed by atoms with van der Waals surface area (Å²) in [6.07, 6.45) is 1.38. The lowest BCUT2D eigenvalue weighted by Gasteiger charge is -2.07. The Hall–Kier alpha value is -2.56. The normalized spacial score (nSPS) is 10.2. The van der Waals surface area contributed by atoms with Gasteiger partial charge in [-0.2, -0.15) is 0 Å². The Morgan fingerprint density at radius 2 is 2.00 bits per heavy atom. The molecule has 0 aliphatic rings. The Kier molecular flexibility index (Phi) is 3.37. The van der Waals surface area contributed by atoms with Gasteiger partial charge in [-0.05, 0) is 25.1 Å². The molecule has 0 aliphatic heterocycles. The molecule has 0 fully saturated rings. The van der Waals surface area contributed by atoms with Gasteiger partial charge in [0.1, 0.15) is 11.4 Å². The van der Waals surface area contributed by atoms with Crippen LogP contribution in [0.15, 0.2) is 30.5 Å². The first kappa shape index (κ1) is 12.9. The van der Waals surface area contributed by atoms with E-state index in [1.807, 2.05) is 13.0 Å². The summed E-state index contributed by atoms with van der Waals surface area (Å²) < 4.78 is 5.15. The molecule has 2 aromatic rings. The predicted octanol–water partition coefficient (Wildman–Crippen LogP) is 2.26. The van der Waals surface area contributed by atoms with Gasteiger partial charge >= 0.3 is 5.97 Å². The van der Waals surface area contributed by atoms with E-state index in [0.717, 1.165) is 5.56 Å². The van der Waals surface area contributed by atoms with Crippen molar-refractivity contribution >= 4 is 11.8 Å². The molecule has 0 saturated carbocycles. The predicted molar refractivity (Wildman–Crippen MR) is 68.9 cm³/mol. The fourth-order valence-corrected chi connectivity index (χ4v) is 1.80. The van der Waals surface area contributed by atoms with Crippen LogP contribution in [0.2, 0.25) is 0 Å². The minimum absolute atomic E-state index is 0.0185. The monoisotopic (exact) mass is 259 g/mol. The Balaban J connectivity index is 2.43. The molecule has 0 spiro atoms. The maximum absolute atomic E-state index is 12.3. The number of hydrogen-bond acceptors (Lipinski definition) is 3. The van der Waals surface area contributed by atoms with Crippen molar-refractivity contribution in [3.8, 4) is 5.75 Å². The van der Waals surface area contributed by atoms with E-state index in [1.54, 1.807) is 12.1 Å². The Morgan fingerprint density at radius 3 is 2.58 bits per heavy atom. The first-order valence-corrected chi connectivity index (χ1v) is 5.64.